The van der Waals surface area contributed by atoms with Crippen LogP contribution in [0.1, 0.15) is 44.1 Å². The van der Waals surface area contributed by atoms with Crippen LogP contribution in [0.3, 0.4) is 0 Å². The normalized spacial score (nSPS) is 22.2. The van der Waals surface area contributed by atoms with Gasteiger partial charge in [-0.05, 0) is 63.1 Å². The first-order valence-corrected chi connectivity index (χ1v) is 10.7. The summed E-state index contributed by atoms with van der Waals surface area (Å²) < 4.78 is 0. The highest BCUT2D eigenvalue weighted by atomic mass is 16.2. The molecule has 0 radical (unpaired) electrons. The summed E-state index contributed by atoms with van der Waals surface area (Å²) in [7, 11) is 5.78. The standard InChI is InChI=1S/C23H35N3O2/c1-24(2)22(28)21-23(13-8-16-25(21)3)14-17-26(18-15-23)20(27)12-7-11-19-9-5-4-6-10-19/h4-6,9-10,21H,7-8,11-18H2,1-3H3. The second-order valence-corrected chi connectivity index (χ2v) is 8.80. The Bertz CT molecular complexity index is 666. The minimum absolute atomic E-state index is 0.0230. The van der Waals surface area contributed by atoms with Crippen LogP contribution in [0.25, 0.3) is 0 Å². The SMILES string of the molecule is CN(C)C(=O)C1N(C)CCCC12CCN(C(=O)CCCc1ccccc1)CC2. The van der Waals surface area contributed by atoms with Crippen LogP contribution in [0.2, 0.25) is 0 Å². The number of aryl methyl sites for hydroxylation is 1. The highest BCUT2D eigenvalue weighted by Crippen LogP contribution is 2.44. The van der Waals surface area contributed by atoms with Crippen molar-refractivity contribution >= 4 is 11.8 Å². The van der Waals surface area contributed by atoms with Gasteiger partial charge in [0.05, 0.1) is 6.04 Å². The molecule has 0 N–H and O–H groups in total. The quantitative estimate of drug-likeness (QED) is 0.783. The molecule has 2 saturated heterocycles. The number of likely N-dealkylation sites (N-methyl/N-ethyl adjacent to an activating group) is 2. The predicted octanol–water partition coefficient (Wildman–Crippen LogP) is 2.80. The molecule has 1 atom stereocenters. The van der Waals surface area contributed by atoms with Crippen molar-refractivity contribution in [3.8, 4) is 0 Å². The molecule has 0 aromatic heterocycles. The number of rotatable bonds is 5. The second kappa shape index (κ2) is 9.08. The second-order valence-electron chi connectivity index (χ2n) is 8.80. The lowest BCUT2D eigenvalue weighted by Gasteiger charge is -2.52. The van der Waals surface area contributed by atoms with Gasteiger partial charge in [-0.1, -0.05) is 30.3 Å². The first-order valence-electron chi connectivity index (χ1n) is 10.7. The van der Waals surface area contributed by atoms with Gasteiger partial charge in [-0.2, -0.15) is 0 Å². The minimum atomic E-state index is -0.0495. The first-order chi connectivity index (χ1) is 13.4. The summed E-state index contributed by atoms with van der Waals surface area (Å²) in [4.78, 5) is 31.6. The summed E-state index contributed by atoms with van der Waals surface area (Å²) >= 11 is 0. The lowest BCUT2D eigenvalue weighted by atomic mass is 9.66. The summed E-state index contributed by atoms with van der Waals surface area (Å²) in [5.41, 5.74) is 1.32. The fourth-order valence-corrected chi connectivity index (χ4v) is 5.08. The van der Waals surface area contributed by atoms with E-state index in [1.165, 1.54) is 5.56 Å². The van der Waals surface area contributed by atoms with E-state index >= 15 is 0 Å². The Balaban J connectivity index is 1.54. The van der Waals surface area contributed by atoms with Gasteiger partial charge >= 0.3 is 0 Å². The largest absolute Gasteiger partial charge is 0.347 e. The number of hydrogen-bond acceptors (Lipinski definition) is 3. The average Bonchev–Trinajstić information content (AvgIpc) is 2.69. The molecule has 1 aromatic carbocycles. The third-order valence-electron chi connectivity index (χ3n) is 6.69. The minimum Gasteiger partial charge on any atom is -0.347 e. The van der Waals surface area contributed by atoms with Crippen LogP contribution in [0.4, 0.5) is 0 Å². The predicted molar refractivity (Wildman–Crippen MR) is 112 cm³/mol. The Labute approximate surface area is 169 Å². The molecule has 5 heteroatoms. The molecule has 0 aliphatic carbocycles. The maximum absolute atomic E-state index is 12.9. The van der Waals surface area contributed by atoms with E-state index in [1.54, 1.807) is 4.90 Å². The van der Waals surface area contributed by atoms with E-state index in [0.29, 0.717) is 6.42 Å². The van der Waals surface area contributed by atoms with Crippen molar-refractivity contribution < 1.29 is 9.59 Å². The number of nitrogens with zero attached hydrogens (tertiary/aromatic N) is 3. The van der Waals surface area contributed by atoms with E-state index < -0.39 is 0 Å². The summed E-state index contributed by atoms with van der Waals surface area (Å²) in [5.74, 6) is 0.482. The number of benzene rings is 1. The molecule has 1 aromatic rings. The molecule has 3 rings (SSSR count). The van der Waals surface area contributed by atoms with Crippen molar-refractivity contribution in [3.63, 3.8) is 0 Å². The molecule has 2 aliphatic heterocycles. The van der Waals surface area contributed by atoms with E-state index in [2.05, 4.69) is 24.1 Å². The molecule has 2 aliphatic rings. The van der Waals surface area contributed by atoms with Gasteiger partial charge < -0.3 is 9.80 Å². The van der Waals surface area contributed by atoms with Gasteiger partial charge in [0.15, 0.2) is 0 Å². The van der Waals surface area contributed by atoms with Crippen molar-refractivity contribution in [3.05, 3.63) is 35.9 Å². The van der Waals surface area contributed by atoms with E-state index in [4.69, 9.17) is 0 Å². The summed E-state index contributed by atoms with van der Waals surface area (Å²) in [6.07, 6.45) is 6.57. The number of carbonyl (C=O) groups excluding carboxylic acids is 2. The zero-order valence-corrected chi connectivity index (χ0v) is 17.7. The van der Waals surface area contributed by atoms with E-state index in [1.807, 2.05) is 37.2 Å². The maximum atomic E-state index is 12.9. The van der Waals surface area contributed by atoms with Gasteiger partial charge in [0.25, 0.3) is 0 Å². The summed E-state index contributed by atoms with van der Waals surface area (Å²) in [6, 6.07) is 10.3. The van der Waals surface area contributed by atoms with Gasteiger partial charge in [-0.15, -0.1) is 0 Å². The number of piperidine rings is 2. The molecule has 1 spiro atoms. The monoisotopic (exact) mass is 385 g/mol. The zero-order valence-electron chi connectivity index (χ0n) is 17.7. The lowest BCUT2D eigenvalue weighted by Crippen LogP contribution is -2.61. The van der Waals surface area contributed by atoms with Crippen molar-refractivity contribution in [2.75, 3.05) is 40.8 Å². The molecule has 2 fully saturated rings. The number of likely N-dealkylation sites (tertiary alicyclic amines) is 2. The van der Waals surface area contributed by atoms with Gasteiger partial charge in [-0.3, -0.25) is 14.5 Å². The number of hydrogen-bond donors (Lipinski definition) is 0. The highest BCUT2D eigenvalue weighted by molar-refractivity contribution is 5.82. The van der Waals surface area contributed by atoms with Crippen LogP contribution < -0.4 is 0 Å². The molecule has 154 valence electrons. The van der Waals surface area contributed by atoms with E-state index in [9.17, 15) is 9.59 Å². The number of amides is 2. The van der Waals surface area contributed by atoms with Gasteiger partial charge in [-0.25, -0.2) is 0 Å². The molecule has 1 unspecified atom stereocenters. The maximum Gasteiger partial charge on any atom is 0.239 e. The van der Waals surface area contributed by atoms with Gasteiger partial charge in [0.1, 0.15) is 0 Å². The third-order valence-corrected chi connectivity index (χ3v) is 6.69. The molecular weight excluding hydrogens is 350 g/mol. The van der Waals surface area contributed by atoms with Gasteiger partial charge in [0.2, 0.25) is 11.8 Å². The molecule has 2 heterocycles. The lowest BCUT2D eigenvalue weighted by molar-refractivity contribution is -0.146. The zero-order chi connectivity index (χ0) is 20.1. The van der Waals surface area contributed by atoms with Crippen LogP contribution in [0.5, 0.6) is 0 Å². The fourth-order valence-electron chi connectivity index (χ4n) is 5.08. The molecule has 2 amide bonds. The highest BCUT2D eigenvalue weighted by Gasteiger charge is 2.49. The topological polar surface area (TPSA) is 43.9 Å². The summed E-state index contributed by atoms with van der Waals surface area (Å²) in [6.45, 7) is 2.55. The molecule has 28 heavy (non-hydrogen) atoms. The van der Waals surface area contributed by atoms with E-state index in [0.717, 1.165) is 58.2 Å². The summed E-state index contributed by atoms with van der Waals surface area (Å²) in [5, 5.41) is 0. The Morgan fingerprint density at radius 3 is 2.39 bits per heavy atom. The van der Waals surface area contributed by atoms with Crippen molar-refractivity contribution in [2.24, 2.45) is 5.41 Å². The smallest absolute Gasteiger partial charge is 0.239 e. The van der Waals surface area contributed by atoms with E-state index in [-0.39, 0.29) is 23.3 Å². The van der Waals surface area contributed by atoms with Crippen LogP contribution in [0.15, 0.2) is 30.3 Å². The van der Waals surface area contributed by atoms with Gasteiger partial charge in [0, 0.05) is 33.6 Å². The molecule has 0 bridgehead atoms. The molecule has 0 saturated carbocycles. The Morgan fingerprint density at radius 2 is 1.75 bits per heavy atom. The van der Waals surface area contributed by atoms with Crippen LogP contribution in [-0.2, 0) is 16.0 Å². The van der Waals surface area contributed by atoms with Crippen molar-refractivity contribution in [2.45, 2.75) is 51.0 Å². The first kappa shape index (κ1) is 20.8. The third kappa shape index (κ3) is 4.57. The number of carbonyl (C=O) groups is 2. The van der Waals surface area contributed by atoms with Crippen molar-refractivity contribution in [1.29, 1.82) is 0 Å². The van der Waals surface area contributed by atoms with Crippen LogP contribution >= 0.6 is 0 Å². The Kier molecular flexibility index (Phi) is 6.76. The Hall–Kier alpha value is -1.88. The molecule has 5 nitrogen and oxygen atoms in total. The Morgan fingerprint density at radius 1 is 1.07 bits per heavy atom. The average molecular weight is 386 g/mol. The van der Waals surface area contributed by atoms with Crippen LogP contribution in [-0.4, -0.2) is 73.3 Å². The van der Waals surface area contributed by atoms with Crippen LogP contribution in [0, 0.1) is 5.41 Å². The van der Waals surface area contributed by atoms with Crippen molar-refractivity contribution in [1.82, 2.24) is 14.7 Å². The molecular formula is C23H35N3O2. The fraction of sp³-hybridized carbons (Fsp3) is 0.652.